The van der Waals surface area contributed by atoms with E-state index in [9.17, 15) is 19.4 Å². The smallest absolute Gasteiger partial charge is 0.391 e. The van der Waals surface area contributed by atoms with Crippen LogP contribution in [0.2, 0.25) is 0 Å². The molecule has 54 heavy (non-hydrogen) atoms. The van der Waals surface area contributed by atoms with E-state index in [4.69, 9.17) is 9.05 Å². The first-order chi connectivity index (χ1) is 26.0. The van der Waals surface area contributed by atoms with Crippen molar-refractivity contribution in [2.24, 2.45) is 0 Å². The molecule has 0 rings (SSSR count). The number of phosphoric acid groups is 1. The number of carbonyl (C=O) groups excluding carboxylic acids is 1. The number of aliphatic hydroxyl groups excluding tert-OH is 1. The van der Waals surface area contributed by atoms with Gasteiger partial charge >= 0.3 is 7.82 Å². The Morgan fingerprint density at radius 3 is 1.43 bits per heavy atom. The van der Waals surface area contributed by atoms with E-state index in [1.165, 1.54) is 141 Å². The third kappa shape index (κ3) is 39.5. The minimum atomic E-state index is -4.31. The molecule has 1 amide bonds. The van der Waals surface area contributed by atoms with Gasteiger partial charge in [0.25, 0.3) is 0 Å². The molecule has 0 aromatic carbocycles. The summed E-state index contributed by atoms with van der Waals surface area (Å²) >= 11 is 0. The largest absolute Gasteiger partial charge is 0.472 e. The molecule has 3 unspecified atom stereocenters. The SMILES string of the molecule is CCCCCCCC/C=C\CCCCCC(=O)NC(COP(=O)(O)OCC[N+](C)(C)C)C(O)CCCCCCCCCCCCCCCCCCCCC. The van der Waals surface area contributed by atoms with Crippen molar-refractivity contribution in [3.63, 3.8) is 0 Å². The summed E-state index contributed by atoms with van der Waals surface area (Å²) in [5, 5.41) is 14.0. The van der Waals surface area contributed by atoms with Gasteiger partial charge in [-0.05, 0) is 38.5 Å². The molecular weight excluding hydrogens is 695 g/mol. The summed E-state index contributed by atoms with van der Waals surface area (Å²) in [5.74, 6) is -0.159. The summed E-state index contributed by atoms with van der Waals surface area (Å²) in [6.07, 6.45) is 42.4. The monoisotopic (exact) mass is 788 g/mol. The van der Waals surface area contributed by atoms with Crippen LogP contribution in [-0.4, -0.2) is 73.4 Å². The lowest BCUT2D eigenvalue weighted by atomic mass is 10.0. The highest BCUT2D eigenvalue weighted by Crippen LogP contribution is 2.43. The molecule has 0 aliphatic heterocycles. The van der Waals surface area contributed by atoms with Crippen molar-refractivity contribution in [2.75, 3.05) is 40.9 Å². The number of phosphoric ester groups is 1. The first-order valence-electron chi connectivity index (χ1n) is 23.1. The van der Waals surface area contributed by atoms with Crippen LogP contribution in [-0.2, 0) is 18.4 Å². The van der Waals surface area contributed by atoms with Crippen LogP contribution in [0.4, 0.5) is 0 Å². The van der Waals surface area contributed by atoms with Gasteiger partial charge in [0, 0.05) is 6.42 Å². The molecule has 3 atom stereocenters. The molecule has 0 aromatic heterocycles. The van der Waals surface area contributed by atoms with Crippen LogP contribution in [0.25, 0.3) is 0 Å². The van der Waals surface area contributed by atoms with Crippen molar-refractivity contribution in [1.82, 2.24) is 5.32 Å². The minimum Gasteiger partial charge on any atom is -0.391 e. The molecule has 0 bridgehead atoms. The van der Waals surface area contributed by atoms with Crippen molar-refractivity contribution in [1.29, 1.82) is 0 Å². The topological polar surface area (TPSA) is 105 Å². The second kappa shape index (κ2) is 37.8. The number of carbonyl (C=O) groups is 1. The maximum absolute atomic E-state index is 12.9. The van der Waals surface area contributed by atoms with Crippen LogP contribution in [0.5, 0.6) is 0 Å². The number of nitrogens with one attached hydrogen (secondary N) is 1. The number of amides is 1. The third-order valence-corrected chi connectivity index (χ3v) is 11.5. The van der Waals surface area contributed by atoms with Crippen molar-refractivity contribution >= 4 is 13.7 Å². The Balaban J connectivity index is 4.32. The van der Waals surface area contributed by atoms with Gasteiger partial charge in [-0.15, -0.1) is 0 Å². The van der Waals surface area contributed by atoms with Crippen molar-refractivity contribution in [2.45, 2.75) is 231 Å². The predicted octanol–water partition coefficient (Wildman–Crippen LogP) is 12.8. The summed E-state index contributed by atoms with van der Waals surface area (Å²) in [6.45, 7) is 4.88. The number of hydrogen-bond acceptors (Lipinski definition) is 5. The average molecular weight is 788 g/mol. The van der Waals surface area contributed by atoms with Crippen molar-refractivity contribution in [3.05, 3.63) is 12.2 Å². The molecule has 0 aromatic rings. The van der Waals surface area contributed by atoms with E-state index in [-0.39, 0.29) is 19.1 Å². The zero-order valence-electron chi connectivity index (χ0n) is 36.5. The van der Waals surface area contributed by atoms with Gasteiger partial charge in [0.05, 0.1) is 39.9 Å². The average Bonchev–Trinajstić information content (AvgIpc) is 3.12. The lowest BCUT2D eigenvalue weighted by molar-refractivity contribution is -0.870. The van der Waals surface area contributed by atoms with E-state index in [1.807, 2.05) is 21.1 Å². The first-order valence-corrected chi connectivity index (χ1v) is 24.5. The summed E-state index contributed by atoms with van der Waals surface area (Å²) in [6, 6.07) is -0.763. The Hall–Kier alpha value is -0.760. The van der Waals surface area contributed by atoms with Gasteiger partial charge in [-0.2, -0.15) is 0 Å². The second-order valence-corrected chi connectivity index (χ2v) is 18.6. The molecule has 0 radical (unpaired) electrons. The summed E-state index contributed by atoms with van der Waals surface area (Å²) in [4.78, 5) is 23.1. The fourth-order valence-electron chi connectivity index (χ4n) is 6.81. The summed E-state index contributed by atoms with van der Waals surface area (Å²) in [7, 11) is 1.61. The number of unbranched alkanes of at least 4 members (excludes halogenated alkanes) is 27. The van der Waals surface area contributed by atoms with Crippen molar-refractivity contribution in [3.8, 4) is 0 Å². The molecule has 0 saturated heterocycles. The van der Waals surface area contributed by atoms with Crippen LogP contribution < -0.4 is 5.32 Å². The maximum atomic E-state index is 12.9. The highest BCUT2D eigenvalue weighted by Gasteiger charge is 2.28. The van der Waals surface area contributed by atoms with E-state index in [2.05, 4.69) is 31.3 Å². The van der Waals surface area contributed by atoms with Gasteiger partial charge in [0.15, 0.2) is 0 Å². The summed E-state index contributed by atoms with van der Waals surface area (Å²) < 4.78 is 23.6. The predicted molar refractivity (Wildman–Crippen MR) is 231 cm³/mol. The molecule has 0 fully saturated rings. The third-order valence-electron chi connectivity index (χ3n) is 10.5. The molecule has 0 spiro atoms. The van der Waals surface area contributed by atoms with E-state index in [0.717, 1.165) is 51.4 Å². The Kier molecular flexibility index (Phi) is 37.3. The normalized spacial score (nSPS) is 14.4. The van der Waals surface area contributed by atoms with Gasteiger partial charge in [-0.3, -0.25) is 13.8 Å². The molecule has 0 aliphatic carbocycles. The van der Waals surface area contributed by atoms with Crippen molar-refractivity contribution < 1.29 is 32.9 Å². The van der Waals surface area contributed by atoms with Gasteiger partial charge in [-0.1, -0.05) is 187 Å². The Labute approximate surface area is 335 Å². The first kappa shape index (κ1) is 53.2. The number of allylic oxidation sites excluding steroid dienone is 2. The fraction of sp³-hybridized carbons (Fsp3) is 0.933. The van der Waals surface area contributed by atoms with E-state index in [1.54, 1.807) is 0 Å². The van der Waals surface area contributed by atoms with E-state index >= 15 is 0 Å². The Morgan fingerprint density at radius 2 is 1.00 bits per heavy atom. The van der Waals surface area contributed by atoms with E-state index < -0.39 is 20.0 Å². The van der Waals surface area contributed by atoms with Gasteiger partial charge in [-0.25, -0.2) is 4.57 Å². The standard InChI is InChI=1S/C45H91N2O6P/c1-6-8-10-12-14-16-18-20-21-22-23-24-25-27-28-30-32-34-36-38-44(48)43(42-53-54(50,51)52-41-40-47(3,4)5)46-45(49)39-37-35-33-31-29-26-19-17-15-13-11-9-7-2/h26,29,43-44,48H,6-25,27-28,30-42H2,1-5H3,(H-,46,49,50,51)/p+1/b29-26-. The molecule has 0 saturated carbocycles. The molecule has 322 valence electrons. The second-order valence-electron chi connectivity index (χ2n) is 17.1. The molecule has 3 N–H and O–H groups in total. The quantitative estimate of drug-likeness (QED) is 0.0246. The number of quaternary nitrogens is 1. The fourth-order valence-corrected chi connectivity index (χ4v) is 7.54. The maximum Gasteiger partial charge on any atom is 0.472 e. The lowest BCUT2D eigenvalue weighted by Crippen LogP contribution is -2.46. The number of rotatable bonds is 42. The number of aliphatic hydroxyl groups is 1. The number of likely N-dealkylation sites (N-methyl/N-ethyl adjacent to an activating group) is 1. The molecule has 0 aliphatic rings. The van der Waals surface area contributed by atoms with Gasteiger partial charge < -0.3 is 19.8 Å². The van der Waals surface area contributed by atoms with Crippen LogP contribution >= 0.6 is 7.82 Å². The lowest BCUT2D eigenvalue weighted by Gasteiger charge is -2.26. The number of nitrogens with zero attached hydrogens (tertiary/aromatic N) is 1. The molecule has 8 nitrogen and oxygen atoms in total. The Bertz CT molecular complexity index is 896. The zero-order valence-corrected chi connectivity index (χ0v) is 37.4. The molecule has 9 heteroatoms. The van der Waals surface area contributed by atoms with Gasteiger partial charge in [0.2, 0.25) is 5.91 Å². The van der Waals surface area contributed by atoms with Crippen LogP contribution in [0.3, 0.4) is 0 Å². The van der Waals surface area contributed by atoms with Crippen LogP contribution in [0.15, 0.2) is 12.2 Å². The van der Waals surface area contributed by atoms with Crippen LogP contribution in [0.1, 0.15) is 219 Å². The highest BCUT2D eigenvalue weighted by atomic mass is 31.2. The minimum absolute atomic E-state index is 0.0739. The summed E-state index contributed by atoms with van der Waals surface area (Å²) in [5.41, 5.74) is 0. The zero-order chi connectivity index (χ0) is 40.0. The Morgan fingerprint density at radius 1 is 0.611 bits per heavy atom. The number of hydrogen-bond donors (Lipinski definition) is 3. The van der Waals surface area contributed by atoms with E-state index in [0.29, 0.717) is 23.9 Å². The highest BCUT2D eigenvalue weighted by molar-refractivity contribution is 7.47. The van der Waals surface area contributed by atoms with Crippen LogP contribution in [0, 0.1) is 0 Å². The molecular formula is C45H92N2O6P+. The van der Waals surface area contributed by atoms with Gasteiger partial charge in [0.1, 0.15) is 13.2 Å². The molecule has 0 heterocycles.